The number of nitrogens with one attached hydrogen (secondary N) is 1. The zero-order valence-corrected chi connectivity index (χ0v) is 11.4. The van der Waals surface area contributed by atoms with Gasteiger partial charge in [0.2, 0.25) is 0 Å². The van der Waals surface area contributed by atoms with Gasteiger partial charge in [0.05, 0.1) is 0 Å². The summed E-state index contributed by atoms with van der Waals surface area (Å²) in [7, 11) is 0. The van der Waals surface area contributed by atoms with Crippen LogP contribution in [-0.2, 0) is 6.54 Å². The molecule has 4 heteroatoms. The second-order valence-corrected chi connectivity index (χ2v) is 6.14. The standard InChI is InChI=1S/C12H15BrFNS/c13-10-2-1-9(12(14)7-10)8-15-11-3-5-16-6-4-11/h1-2,7,11,15H,3-6,8H2. The first-order valence-corrected chi connectivity index (χ1v) is 7.45. The summed E-state index contributed by atoms with van der Waals surface area (Å²) in [6.45, 7) is 0.633. The van der Waals surface area contributed by atoms with Gasteiger partial charge in [0.1, 0.15) is 5.82 Å². The molecule has 1 nitrogen and oxygen atoms in total. The van der Waals surface area contributed by atoms with E-state index in [0.29, 0.717) is 12.6 Å². The summed E-state index contributed by atoms with van der Waals surface area (Å²) in [6, 6.07) is 5.80. The fraction of sp³-hybridized carbons (Fsp3) is 0.500. The summed E-state index contributed by atoms with van der Waals surface area (Å²) >= 11 is 5.27. The minimum atomic E-state index is -0.132. The molecule has 2 rings (SSSR count). The molecular formula is C12H15BrFNS. The van der Waals surface area contributed by atoms with E-state index in [1.807, 2.05) is 23.9 Å². The third-order valence-corrected chi connectivity index (χ3v) is 4.36. The van der Waals surface area contributed by atoms with E-state index in [-0.39, 0.29) is 5.82 Å². The van der Waals surface area contributed by atoms with Crippen LogP contribution < -0.4 is 5.32 Å². The van der Waals surface area contributed by atoms with E-state index < -0.39 is 0 Å². The third-order valence-electron chi connectivity index (χ3n) is 2.82. The molecule has 1 heterocycles. The van der Waals surface area contributed by atoms with Crippen molar-refractivity contribution >= 4 is 27.7 Å². The van der Waals surface area contributed by atoms with Crippen molar-refractivity contribution in [3.05, 3.63) is 34.1 Å². The Balaban J connectivity index is 1.88. The van der Waals surface area contributed by atoms with Crippen molar-refractivity contribution in [2.75, 3.05) is 11.5 Å². The Kier molecular flexibility index (Phi) is 4.67. The lowest BCUT2D eigenvalue weighted by atomic mass is 10.1. The van der Waals surface area contributed by atoms with Gasteiger partial charge in [0, 0.05) is 22.6 Å². The van der Waals surface area contributed by atoms with Gasteiger partial charge >= 0.3 is 0 Å². The number of benzene rings is 1. The molecule has 0 aliphatic carbocycles. The van der Waals surface area contributed by atoms with Crippen LogP contribution in [0.25, 0.3) is 0 Å². The van der Waals surface area contributed by atoms with Crippen LogP contribution in [0.15, 0.2) is 22.7 Å². The van der Waals surface area contributed by atoms with E-state index in [1.165, 1.54) is 30.4 Å². The van der Waals surface area contributed by atoms with Crippen LogP contribution in [0.2, 0.25) is 0 Å². The second kappa shape index (κ2) is 6.03. The Labute approximate surface area is 108 Å². The van der Waals surface area contributed by atoms with Crippen LogP contribution in [0.5, 0.6) is 0 Å². The largest absolute Gasteiger partial charge is 0.310 e. The maximum Gasteiger partial charge on any atom is 0.128 e. The normalized spacial score (nSPS) is 17.6. The predicted molar refractivity (Wildman–Crippen MR) is 71.3 cm³/mol. The summed E-state index contributed by atoms with van der Waals surface area (Å²) in [5, 5.41) is 3.43. The summed E-state index contributed by atoms with van der Waals surface area (Å²) < 4.78 is 14.3. The molecule has 1 aromatic carbocycles. The Hall–Kier alpha value is -0.0600. The molecule has 0 saturated carbocycles. The first-order chi connectivity index (χ1) is 7.75. The Morgan fingerprint density at radius 3 is 2.81 bits per heavy atom. The number of hydrogen-bond donors (Lipinski definition) is 1. The minimum absolute atomic E-state index is 0.132. The van der Waals surface area contributed by atoms with Crippen LogP contribution in [0, 0.1) is 5.82 Å². The fourth-order valence-electron chi connectivity index (χ4n) is 1.82. The second-order valence-electron chi connectivity index (χ2n) is 4.00. The molecule has 1 aromatic rings. The van der Waals surface area contributed by atoms with E-state index >= 15 is 0 Å². The van der Waals surface area contributed by atoms with Crippen molar-refractivity contribution < 1.29 is 4.39 Å². The number of halogens is 2. The molecule has 0 unspecified atom stereocenters. The molecule has 0 spiro atoms. The van der Waals surface area contributed by atoms with Gasteiger partial charge in [-0.15, -0.1) is 0 Å². The maximum absolute atomic E-state index is 13.5. The molecule has 1 aliphatic rings. The molecule has 16 heavy (non-hydrogen) atoms. The lowest BCUT2D eigenvalue weighted by molar-refractivity contribution is 0.473. The predicted octanol–water partition coefficient (Wildman–Crippen LogP) is 3.57. The molecule has 0 radical (unpaired) electrons. The molecule has 1 saturated heterocycles. The van der Waals surface area contributed by atoms with Crippen molar-refractivity contribution in [3.63, 3.8) is 0 Å². The molecular weight excluding hydrogens is 289 g/mol. The van der Waals surface area contributed by atoms with Crippen molar-refractivity contribution in [2.24, 2.45) is 0 Å². The van der Waals surface area contributed by atoms with Crippen LogP contribution in [0.4, 0.5) is 4.39 Å². The fourth-order valence-corrected chi connectivity index (χ4v) is 3.26. The minimum Gasteiger partial charge on any atom is -0.310 e. The Morgan fingerprint density at radius 1 is 1.38 bits per heavy atom. The number of hydrogen-bond acceptors (Lipinski definition) is 2. The third kappa shape index (κ3) is 3.47. The summed E-state index contributed by atoms with van der Waals surface area (Å²) in [6.07, 6.45) is 2.39. The molecule has 1 aliphatic heterocycles. The first-order valence-electron chi connectivity index (χ1n) is 5.51. The van der Waals surface area contributed by atoms with Gasteiger partial charge in [-0.05, 0) is 36.5 Å². The van der Waals surface area contributed by atoms with Gasteiger partial charge in [-0.25, -0.2) is 4.39 Å². The van der Waals surface area contributed by atoms with E-state index in [2.05, 4.69) is 21.2 Å². The molecule has 0 atom stereocenters. The summed E-state index contributed by atoms with van der Waals surface area (Å²) in [5.41, 5.74) is 0.751. The summed E-state index contributed by atoms with van der Waals surface area (Å²) in [5.74, 6) is 2.31. The smallest absolute Gasteiger partial charge is 0.128 e. The highest BCUT2D eigenvalue weighted by Gasteiger charge is 2.13. The van der Waals surface area contributed by atoms with E-state index in [1.54, 1.807) is 0 Å². The van der Waals surface area contributed by atoms with Crippen molar-refractivity contribution in [3.8, 4) is 0 Å². The molecule has 1 fully saturated rings. The molecule has 1 N–H and O–H groups in total. The SMILES string of the molecule is Fc1cc(Br)ccc1CNC1CCSCC1. The van der Waals surface area contributed by atoms with Crippen molar-refractivity contribution in [1.29, 1.82) is 0 Å². The lowest BCUT2D eigenvalue weighted by Crippen LogP contribution is -2.32. The van der Waals surface area contributed by atoms with Gasteiger partial charge in [0.25, 0.3) is 0 Å². The molecule has 88 valence electrons. The van der Waals surface area contributed by atoms with Gasteiger partial charge in [-0.2, -0.15) is 11.8 Å². The number of rotatable bonds is 3. The van der Waals surface area contributed by atoms with E-state index in [4.69, 9.17) is 0 Å². The lowest BCUT2D eigenvalue weighted by Gasteiger charge is -2.22. The van der Waals surface area contributed by atoms with Gasteiger partial charge in [-0.1, -0.05) is 22.0 Å². The average molecular weight is 304 g/mol. The monoisotopic (exact) mass is 303 g/mol. The molecule has 0 bridgehead atoms. The van der Waals surface area contributed by atoms with Crippen LogP contribution >= 0.6 is 27.7 Å². The highest BCUT2D eigenvalue weighted by molar-refractivity contribution is 9.10. The Morgan fingerprint density at radius 2 is 2.12 bits per heavy atom. The topological polar surface area (TPSA) is 12.0 Å². The van der Waals surface area contributed by atoms with Crippen LogP contribution in [-0.4, -0.2) is 17.5 Å². The average Bonchev–Trinajstić information content (AvgIpc) is 2.29. The van der Waals surface area contributed by atoms with Crippen LogP contribution in [0.3, 0.4) is 0 Å². The number of thioether (sulfide) groups is 1. The highest BCUT2D eigenvalue weighted by atomic mass is 79.9. The molecule has 0 aromatic heterocycles. The van der Waals surface area contributed by atoms with Crippen LogP contribution in [0.1, 0.15) is 18.4 Å². The Bertz CT molecular complexity index is 353. The van der Waals surface area contributed by atoms with Gasteiger partial charge in [-0.3, -0.25) is 0 Å². The van der Waals surface area contributed by atoms with E-state index in [0.717, 1.165) is 10.0 Å². The van der Waals surface area contributed by atoms with E-state index in [9.17, 15) is 4.39 Å². The molecule has 0 amide bonds. The van der Waals surface area contributed by atoms with Gasteiger partial charge < -0.3 is 5.32 Å². The maximum atomic E-state index is 13.5. The first kappa shape index (κ1) is 12.4. The zero-order chi connectivity index (χ0) is 11.4. The highest BCUT2D eigenvalue weighted by Crippen LogP contribution is 2.19. The quantitative estimate of drug-likeness (QED) is 0.916. The van der Waals surface area contributed by atoms with Crippen molar-refractivity contribution in [2.45, 2.75) is 25.4 Å². The summed E-state index contributed by atoms with van der Waals surface area (Å²) in [4.78, 5) is 0. The van der Waals surface area contributed by atoms with Crippen molar-refractivity contribution in [1.82, 2.24) is 5.32 Å². The van der Waals surface area contributed by atoms with Gasteiger partial charge in [0.15, 0.2) is 0 Å². The zero-order valence-electron chi connectivity index (χ0n) is 9.01.